The van der Waals surface area contributed by atoms with Crippen molar-refractivity contribution in [2.24, 2.45) is 4.99 Å². The summed E-state index contributed by atoms with van der Waals surface area (Å²) in [6.45, 7) is 6.48. The van der Waals surface area contributed by atoms with E-state index < -0.39 is 0 Å². The van der Waals surface area contributed by atoms with Crippen molar-refractivity contribution in [2.45, 2.75) is 26.2 Å². The summed E-state index contributed by atoms with van der Waals surface area (Å²) >= 11 is 0. The highest BCUT2D eigenvalue weighted by Gasteiger charge is 2.22. The summed E-state index contributed by atoms with van der Waals surface area (Å²) in [5, 5.41) is 0. The van der Waals surface area contributed by atoms with Gasteiger partial charge in [-0.1, -0.05) is 36.4 Å². The monoisotopic (exact) mass is 319 g/mol. The third kappa shape index (κ3) is 3.03. The molecule has 0 atom stereocenters. The highest BCUT2D eigenvalue weighted by Crippen LogP contribution is 2.27. The van der Waals surface area contributed by atoms with Crippen molar-refractivity contribution in [3.8, 4) is 0 Å². The Morgan fingerprint density at radius 2 is 1.50 bits per heavy atom. The van der Waals surface area contributed by atoms with E-state index in [0.717, 1.165) is 39.0 Å². The molecule has 0 amide bonds. The number of rotatable bonds is 1. The van der Waals surface area contributed by atoms with Crippen LogP contribution in [0.1, 0.15) is 24.0 Å². The standard InChI is InChI=1S/C21H25N3/c1-17-7-2-5-11-20(17)23-13-15-24(16-14-23)21-12-6-9-18-8-3-4-10-19(18)22-21/h2-5,7-8,10-11H,6,9,12-16H2,1H3. The van der Waals surface area contributed by atoms with Crippen LogP contribution in [0.3, 0.4) is 0 Å². The molecule has 124 valence electrons. The number of anilines is 1. The topological polar surface area (TPSA) is 18.8 Å². The molecule has 0 N–H and O–H groups in total. The Bertz CT molecular complexity index is 742. The van der Waals surface area contributed by atoms with Crippen molar-refractivity contribution < 1.29 is 0 Å². The van der Waals surface area contributed by atoms with E-state index >= 15 is 0 Å². The molecule has 0 aromatic heterocycles. The maximum absolute atomic E-state index is 5.00. The molecule has 2 aliphatic heterocycles. The van der Waals surface area contributed by atoms with Crippen LogP contribution in [0.4, 0.5) is 11.4 Å². The molecule has 2 aromatic rings. The molecule has 0 saturated carbocycles. The van der Waals surface area contributed by atoms with Crippen molar-refractivity contribution in [1.82, 2.24) is 4.90 Å². The first-order chi connectivity index (χ1) is 11.8. The smallest absolute Gasteiger partial charge is 0.105 e. The fourth-order valence-corrected chi connectivity index (χ4v) is 3.82. The first kappa shape index (κ1) is 15.3. The lowest BCUT2D eigenvalue weighted by Crippen LogP contribution is -2.48. The molecule has 3 heteroatoms. The highest BCUT2D eigenvalue weighted by atomic mass is 15.3. The van der Waals surface area contributed by atoms with E-state index in [0.29, 0.717) is 0 Å². The largest absolute Gasteiger partial charge is 0.368 e. The molecule has 1 saturated heterocycles. The Morgan fingerprint density at radius 3 is 2.33 bits per heavy atom. The van der Waals surface area contributed by atoms with Crippen LogP contribution in [0.15, 0.2) is 53.5 Å². The number of hydrogen-bond acceptors (Lipinski definition) is 3. The number of para-hydroxylation sites is 2. The molecule has 3 nitrogen and oxygen atoms in total. The maximum atomic E-state index is 5.00. The van der Waals surface area contributed by atoms with Crippen LogP contribution in [-0.2, 0) is 6.42 Å². The fourth-order valence-electron chi connectivity index (χ4n) is 3.82. The SMILES string of the molecule is Cc1ccccc1N1CCN(C2=Nc3ccccc3CCC2)CC1. The lowest BCUT2D eigenvalue weighted by molar-refractivity contribution is 0.378. The van der Waals surface area contributed by atoms with Crippen LogP contribution in [-0.4, -0.2) is 36.9 Å². The van der Waals surface area contributed by atoms with E-state index in [4.69, 9.17) is 4.99 Å². The van der Waals surface area contributed by atoms with Crippen molar-refractivity contribution >= 4 is 17.2 Å². The summed E-state index contributed by atoms with van der Waals surface area (Å²) in [5.41, 5.74) is 5.31. The first-order valence-electron chi connectivity index (χ1n) is 9.02. The molecule has 0 unspecified atom stereocenters. The number of nitrogens with zero attached hydrogens (tertiary/aromatic N) is 3. The van der Waals surface area contributed by atoms with Crippen LogP contribution >= 0.6 is 0 Å². The van der Waals surface area contributed by atoms with Gasteiger partial charge in [0.1, 0.15) is 5.84 Å². The van der Waals surface area contributed by atoms with Crippen LogP contribution in [0, 0.1) is 6.92 Å². The summed E-state index contributed by atoms with van der Waals surface area (Å²) < 4.78 is 0. The molecule has 0 aliphatic carbocycles. The minimum absolute atomic E-state index is 1.06. The van der Waals surface area contributed by atoms with Gasteiger partial charge in [0.25, 0.3) is 0 Å². The number of fused-ring (bicyclic) bond motifs is 1. The molecule has 2 aliphatic rings. The van der Waals surface area contributed by atoms with E-state index in [1.807, 2.05) is 0 Å². The van der Waals surface area contributed by atoms with Crippen molar-refractivity contribution in [2.75, 3.05) is 31.1 Å². The zero-order valence-electron chi connectivity index (χ0n) is 14.4. The Balaban J connectivity index is 1.48. The second-order valence-electron chi connectivity index (χ2n) is 6.77. The molecule has 1 fully saturated rings. The van der Waals surface area contributed by atoms with Gasteiger partial charge >= 0.3 is 0 Å². The minimum atomic E-state index is 1.06. The summed E-state index contributed by atoms with van der Waals surface area (Å²) in [4.78, 5) is 10.0. The number of aliphatic imine (C=N–C) groups is 1. The molecule has 0 bridgehead atoms. The number of benzene rings is 2. The van der Waals surface area contributed by atoms with E-state index in [1.165, 1.54) is 34.8 Å². The summed E-state index contributed by atoms with van der Waals surface area (Å²) in [7, 11) is 0. The maximum Gasteiger partial charge on any atom is 0.105 e. The van der Waals surface area contributed by atoms with Crippen molar-refractivity contribution in [3.05, 3.63) is 59.7 Å². The fraction of sp³-hybridized carbons (Fsp3) is 0.381. The highest BCUT2D eigenvalue weighted by molar-refractivity contribution is 5.86. The first-order valence-corrected chi connectivity index (χ1v) is 9.02. The second-order valence-corrected chi connectivity index (χ2v) is 6.77. The van der Waals surface area contributed by atoms with Gasteiger partial charge in [-0.15, -0.1) is 0 Å². The van der Waals surface area contributed by atoms with Gasteiger partial charge in [-0.2, -0.15) is 0 Å². The van der Waals surface area contributed by atoms with Gasteiger partial charge in [0.2, 0.25) is 0 Å². The molecule has 24 heavy (non-hydrogen) atoms. The average Bonchev–Trinajstić information content (AvgIpc) is 2.85. The Hall–Kier alpha value is -2.29. The lowest BCUT2D eigenvalue weighted by Gasteiger charge is -2.38. The van der Waals surface area contributed by atoms with Crippen molar-refractivity contribution in [3.63, 3.8) is 0 Å². The molecular weight excluding hydrogens is 294 g/mol. The molecule has 2 heterocycles. The predicted octanol–water partition coefficient (Wildman–Crippen LogP) is 4.18. The van der Waals surface area contributed by atoms with Crippen LogP contribution in [0.25, 0.3) is 0 Å². The average molecular weight is 319 g/mol. The zero-order valence-corrected chi connectivity index (χ0v) is 14.4. The Morgan fingerprint density at radius 1 is 0.792 bits per heavy atom. The number of aryl methyl sites for hydroxylation is 2. The number of amidine groups is 1. The quantitative estimate of drug-likeness (QED) is 0.785. The van der Waals surface area contributed by atoms with E-state index in [1.54, 1.807) is 0 Å². The van der Waals surface area contributed by atoms with Gasteiger partial charge in [0.05, 0.1) is 5.69 Å². The third-order valence-electron chi connectivity index (χ3n) is 5.19. The lowest BCUT2D eigenvalue weighted by atomic mass is 10.1. The molecular formula is C21H25N3. The van der Waals surface area contributed by atoms with Gasteiger partial charge in [0, 0.05) is 38.3 Å². The molecule has 4 rings (SSSR count). The van der Waals surface area contributed by atoms with Gasteiger partial charge in [-0.3, -0.25) is 0 Å². The normalized spacial score (nSPS) is 18.0. The van der Waals surface area contributed by atoms with Crippen LogP contribution in [0.2, 0.25) is 0 Å². The number of piperazine rings is 1. The summed E-state index contributed by atoms with van der Waals surface area (Å²) in [6.07, 6.45) is 3.44. The van der Waals surface area contributed by atoms with E-state index in [9.17, 15) is 0 Å². The minimum Gasteiger partial charge on any atom is -0.368 e. The second kappa shape index (κ2) is 6.68. The Kier molecular flexibility index (Phi) is 4.24. The number of hydrogen-bond donors (Lipinski definition) is 0. The van der Waals surface area contributed by atoms with Gasteiger partial charge < -0.3 is 9.80 Å². The molecule has 0 radical (unpaired) electrons. The Labute approximate surface area is 144 Å². The van der Waals surface area contributed by atoms with E-state index in [-0.39, 0.29) is 0 Å². The molecule has 2 aromatic carbocycles. The van der Waals surface area contributed by atoms with Gasteiger partial charge in [-0.05, 0) is 43.0 Å². The van der Waals surface area contributed by atoms with Crippen molar-refractivity contribution in [1.29, 1.82) is 0 Å². The van der Waals surface area contributed by atoms with Crippen LogP contribution < -0.4 is 4.90 Å². The summed E-state index contributed by atoms with van der Waals surface area (Å²) in [5.74, 6) is 1.28. The van der Waals surface area contributed by atoms with E-state index in [2.05, 4.69) is 65.3 Å². The molecule has 0 spiro atoms. The summed E-state index contributed by atoms with van der Waals surface area (Å²) in [6, 6.07) is 17.3. The zero-order chi connectivity index (χ0) is 16.4. The van der Waals surface area contributed by atoms with Crippen LogP contribution in [0.5, 0.6) is 0 Å². The van der Waals surface area contributed by atoms with Gasteiger partial charge in [0.15, 0.2) is 0 Å². The third-order valence-corrected chi connectivity index (χ3v) is 5.19. The van der Waals surface area contributed by atoms with Gasteiger partial charge in [-0.25, -0.2) is 4.99 Å². The predicted molar refractivity (Wildman–Crippen MR) is 101 cm³/mol.